The van der Waals surface area contributed by atoms with Gasteiger partial charge in [-0.25, -0.2) is 8.42 Å². The maximum atomic E-state index is 11.9. The minimum Gasteiger partial charge on any atom is -0.494 e. The van der Waals surface area contributed by atoms with E-state index < -0.39 is 15.8 Å². The molecule has 7 nitrogen and oxygen atoms in total. The molecule has 0 heterocycles. The average Bonchev–Trinajstić information content (AvgIpc) is 2.59. The maximum absolute atomic E-state index is 11.9. The number of benzene rings is 1. The molecule has 2 rings (SSSR count). The van der Waals surface area contributed by atoms with Crippen molar-refractivity contribution in [1.82, 2.24) is 5.32 Å². The highest BCUT2D eigenvalue weighted by Crippen LogP contribution is 2.24. The summed E-state index contributed by atoms with van der Waals surface area (Å²) in [6.45, 7) is 0.359. The fourth-order valence-corrected chi connectivity index (χ4v) is 3.62. The molecular weight excluding hydrogens is 358 g/mol. The van der Waals surface area contributed by atoms with Crippen molar-refractivity contribution < 1.29 is 27.9 Å². The largest absolute Gasteiger partial charge is 0.494 e. The third-order valence-corrected chi connectivity index (χ3v) is 5.64. The molecule has 0 radical (unpaired) electrons. The van der Waals surface area contributed by atoms with Crippen LogP contribution in [-0.4, -0.2) is 44.3 Å². The van der Waals surface area contributed by atoms with Gasteiger partial charge in [0.1, 0.15) is 5.75 Å². The molecule has 0 spiro atoms. The molecule has 0 bridgehead atoms. The van der Waals surface area contributed by atoms with Crippen LogP contribution in [0, 0.1) is 5.92 Å². The van der Waals surface area contributed by atoms with Crippen LogP contribution < -0.4 is 10.1 Å². The van der Waals surface area contributed by atoms with Gasteiger partial charge < -0.3 is 15.2 Å². The number of hydrogen-bond donors (Lipinski definition) is 2. The summed E-state index contributed by atoms with van der Waals surface area (Å²) in [7, 11) is -3.22. The SMILES string of the molecule is CS(=O)(=O)c1ccc(OCCCC(=O)NC2CCC(C(=O)O)CC2)cc1. The van der Waals surface area contributed by atoms with Crippen molar-refractivity contribution in [3.8, 4) is 5.75 Å². The van der Waals surface area contributed by atoms with Crippen molar-refractivity contribution in [3.63, 3.8) is 0 Å². The Morgan fingerprint density at radius 1 is 1.15 bits per heavy atom. The van der Waals surface area contributed by atoms with Gasteiger partial charge in [-0.05, 0) is 56.4 Å². The van der Waals surface area contributed by atoms with E-state index in [-0.39, 0.29) is 22.8 Å². The molecule has 0 saturated heterocycles. The monoisotopic (exact) mass is 383 g/mol. The van der Waals surface area contributed by atoms with Gasteiger partial charge in [-0.2, -0.15) is 0 Å². The van der Waals surface area contributed by atoms with E-state index in [4.69, 9.17) is 9.84 Å². The number of sulfone groups is 1. The molecule has 1 aliphatic carbocycles. The van der Waals surface area contributed by atoms with Crippen molar-refractivity contribution in [2.45, 2.75) is 49.5 Å². The highest BCUT2D eigenvalue weighted by atomic mass is 32.2. The summed E-state index contributed by atoms with van der Waals surface area (Å²) in [5.41, 5.74) is 0. The predicted molar refractivity (Wildman–Crippen MR) is 95.8 cm³/mol. The molecule has 0 aliphatic heterocycles. The summed E-state index contributed by atoms with van der Waals surface area (Å²) in [5, 5.41) is 11.9. The first-order valence-electron chi connectivity index (χ1n) is 8.71. The molecular formula is C18H25NO6S. The number of aliphatic carboxylic acids is 1. The van der Waals surface area contributed by atoms with Crippen LogP contribution >= 0.6 is 0 Å². The minimum atomic E-state index is -3.22. The van der Waals surface area contributed by atoms with E-state index in [0.717, 1.165) is 6.26 Å². The lowest BCUT2D eigenvalue weighted by Gasteiger charge is -2.26. The van der Waals surface area contributed by atoms with E-state index in [0.29, 0.717) is 50.9 Å². The van der Waals surface area contributed by atoms with Crippen LogP contribution in [0.15, 0.2) is 29.2 Å². The molecule has 1 aromatic carbocycles. The summed E-state index contributed by atoms with van der Waals surface area (Å²) >= 11 is 0. The number of carboxylic acids is 1. The quantitative estimate of drug-likeness (QED) is 0.665. The van der Waals surface area contributed by atoms with Gasteiger partial charge in [0, 0.05) is 18.7 Å². The molecule has 0 aromatic heterocycles. The van der Waals surface area contributed by atoms with Crippen LogP contribution in [0.1, 0.15) is 38.5 Å². The third-order valence-electron chi connectivity index (χ3n) is 4.51. The molecule has 0 atom stereocenters. The van der Waals surface area contributed by atoms with Gasteiger partial charge >= 0.3 is 5.97 Å². The van der Waals surface area contributed by atoms with Gasteiger partial charge in [-0.3, -0.25) is 9.59 Å². The van der Waals surface area contributed by atoms with Crippen molar-refractivity contribution in [2.24, 2.45) is 5.92 Å². The predicted octanol–water partition coefficient (Wildman–Crippen LogP) is 2.01. The fraction of sp³-hybridized carbons (Fsp3) is 0.556. The molecule has 8 heteroatoms. The lowest BCUT2D eigenvalue weighted by atomic mass is 9.86. The zero-order valence-electron chi connectivity index (χ0n) is 14.8. The van der Waals surface area contributed by atoms with Crippen LogP contribution in [-0.2, 0) is 19.4 Å². The van der Waals surface area contributed by atoms with E-state index in [1.54, 1.807) is 12.1 Å². The fourth-order valence-electron chi connectivity index (χ4n) is 2.99. The molecule has 1 fully saturated rings. The molecule has 1 aromatic rings. The molecule has 2 N–H and O–H groups in total. The second kappa shape index (κ2) is 9.02. The molecule has 0 unspecified atom stereocenters. The molecule has 26 heavy (non-hydrogen) atoms. The Kier molecular flexibility index (Phi) is 7.02. The second-order valence-corrected chi connectivity index (χ2v) is 8.67. The van der Waals surface area contributed by atoms with Crippen LogP contribution in [0.2, 0.25) is 0 Å². The smallest absolute Gasteiger partial charge is 0.306 e. The topological polar surface area (TPSA) is 110 Å². The lowest BCUT2D eigenvalue weighted by molar-refractivity contribution is -0.142. The summed E-state index contributed by atoms with van der Waals surface area (Å²) < 4.78 is 28.3. The van der Waals surface area contributed by atoms with E-state index in [1.807, 2.05) is 0 Å². The van der Waals surface area contributed by atoms with Gasteiger partial charge in [0.25, 0.3) is 0 Å². The first-order chi connectivity index (χ1) is 12.3. The first-order valence-corrected chi connectivity index (χ1v) is 10.6. The molecule has 1 amide bonds. The van der Waals surface area contributed by atoms with Crippen LogP contribution in [0.3, 0.4) is 0 Å². The van der Waals surface area contributed by atoms with Gasteiger partial charge in [0.05, 0.1) is 17.4 Å². The van der Waals surface area contributed by atoms with E-state index in [1.165, 1.54) is 12.1 Å². The zero-order chi connectivity index (χ0) is 19.2. The Morgan fingerprint density at radius 2 is 1.77 bits per heavy atom. The third kappa shape index (κ3) is 6.33. The standard InChI is InChI=1S/C18H25NO6S/c1-26(23,24)16-10-8-15(9-11-16)25-12-2-3-17(20)19-14-6-4-13(5-7-14)18(21)22/h8-11,13-14H,2-7,12H2,1H3,(H,19,20)(H,21,22). The number of carbonyl (C=O) groups excluding carboxylic acids is 1. The summed E-state index contributed by atoms with van der Waals surface area (Å²) in [4.78, 5) is 23.1. The Hall–Kier alpha value is -2.09. The number of amides is 1. The highest BCUT2D eigenvalue weighted by molar-refractivity contribution is 7.90. The van der Waals surface area contributed by atoms with Gasteiger partial charge in [0.15, 0.2) is 9.84 Å². The number of ether oxygens (including phenoxy) is 1. The van der Waals surface area contributed by atoms with Gasteiger partial charge in [-0.15, -0.1) is 0 Å². The van der Waals surface area contributed by atoms with E-state index in [2.05, 4.69) is 5.32 Å². The number of rotatable bonds is 8. The number of carboxylic acid groups (broad SMARTS) is 1. The molecule has 144 valence electrons. The van der Waals surface area contributed by atoms with Crippen LogP contribution in [0.5, 0.6) is 5.75 Å². The Labute approximate surface area is 153 Å². The Bertz CT molecular complexity index is 721. The summed E-state index contributed by atoms with van der Waals surface area (Å²) in [6.07, 6.45) is 4.64. The van der Waals surface area contributed by atoms with Crippen molar-refractivity contribution in [2.75, 3.05) is 12.9 Å². The molecule has 1 aliphatic rings. The lowest BCUT2D eigenvalue weighted by Crippen LogP contribution is -2.38. The second-order valence-electron chi connectivity index (χ2n) is 6.65. The van der Waals surface area contributed by atoms with Crippen molar-refractivity contribution >= 4 is 21.7 Å². The first kappa shape index (κ1) is 20.2. The van der Waals surface area contributed by atoms with E-state index in [9.17, 15) is 18.0 Å². The number of carbonyl (C=O) groups is 2. The normalized spacial score (nSPS) is 20.3. The molecule has 1 saturated carbocycles. The van der Waals surface area contributed by atoms with Crippen LogP contribution in [0.4, 0.5) is 0 Å². The summed E-state index contributed by atoms with van der Waals surface area (Å²) in [5.74, 6) is -0.535. The summed E-state index contributed by atoms with van der Waals surface area (Å²) in [6, 6.07) is 6.23. The minimum absolute atomic E-state index is 0.0557. The maximum Gasteiger partial charge on any atom is 0.306 e. The van der Waals surface area contributed by atoms with E-state index >= 15 is 0 Å². The number of hydrogen-bond acceptors (Lipinski definition) is 5. The average molecular weight is 383 g/mol. The van der Waals surface area contributed by atoms with Crippen molar-refractivity contribution in [3.05, 3.63) is 24.3 Å². The Morgan fingerprint density at radius 3 is 2.31 bits per heavy atom. The zero-order valence-corrected chi connectivity index (χ0v) is 15.6. The highest BCUT2D eigenvalue weighted by Gasteiger charge is 2.26. The number of nitrogens with one attached hydrogen (secondary N) is 1. The van der Waals surface area contributed by atoms with Gasteiger partial charge in [0.2, 0.25) is 5.91 Å². The van der Waals surface area contributed by atoms with Crippen LogP contribution in [0.25, 0.3) is 0 Å². The van der Waals surface area contributed by atoms with Gasteiger partial charge in [-0.1, -0.05) is 0 Å². The Balaban J connectivity index is 1.64. The van der Waals surface area contributed by atoms with Crippen molar-refractivity contribution in [1.29, 1.82) is 0 Å².